The number of halogens is 1. The van der Waals surface area contributed by atoms with Gasteiger partial charge in [-0.2, -0.15) is 0 Å². The molecular formula is C13H10BrN3O3. The van der Waals surface area contributed by atoms with Crippen molar-refractivity contribution in [3.63, 3.8) is 0 Å². The summed E-state index contributed by atoms with van der Waals surface area (Å²) in [7, 11) is 0. The molecule has 0 aliphatic heterocycles. The van der Waals surface area contributed by atoms with Gasteiger partial charge in [-0.3, -0.25) is 19.9 Å². The van der Waals surface area contributed by atoms with Gasteiger partial charge >= 0.3 is 0 Å². The first kappa shape index (κ1) is 14.1. The van der Waals surface area contributed by atoms with Crippen LogP contribution in [0.1, 0.15) is 15.9 Å². The summed E-state index contributed by atoms with van der Waals surface area (Å²) < 4.78 is 0.660. The zero-order chi connectivity index (χ0) is 14.7. The number of hydrogen-bond donors (Lipinski definition) is 1. The maximum Gasteiger partial charge on any atom is 0.269 e. The highest BCUT2D eigenvalue weighted by molar-refractivity contribution is 9.10. The number of rotatable bonds is 3. The Morgan fingerprint density at radius 1 is 1.40 bits per heavy atom. The van der Waals surface area contributed by atoms with Crippen LogP contribution in [0.4, 0.5) is 11.4 Å². The van der Waals surface area contributed by atoms with Crippen LogP contribution < -0.4 is 5.32 Å². The third-order valence-corrected chi connectivity index (χ3v) is 3.32. The van der Waals surface area contributed by atoms with Crippen LogP contribution in [0.2, 0.25) is 0 Å². The summed E-state index contributed by atoms with van der Waals surface area (Å²) in [4.78, 5) is 26.2. The monoisotopic (exact) mass is 335 g/mol. The molecule has 0 saturated carbocycles. The fraction of sp³-hybridized carbons (Fsp3) is 0.0769. The molecule has 1 N–H and O–H groups in total. The smallest absolute Gasteiger partial charge is 0.269 e. The molecule has 0 atom stereocenters. The van der Waals surface area contributed by atoms with Crippen molar-refractivity contribution in [2.45, 2.75) is 6.92 Å². The molecule has 1 aromatic carbocycles. The van der Waals surface area contributed by atoms with E-state index in [-0.39, 0.29) is 11.6 Å². The number of aryl methyl sites for hydroxylation is 1. The second kappa shape index (κ2) is 5.79. The van der Waals surface area contributed by atoms with Crippen molar-refractivity contribution in [2.75, 3.05) is 5.32 Å². The summed E-state index contributed by atoms with van der Waals surface area (Å²) in [6.45, 7) is 1.66. The van der Waals surface area contributed by atoms with Crippen LogP contribution in [0.25, 0.3) is 0 Å². The van der Waals surface area contributed by atoms with Gasteiger partial charge in [-0.25, -0.2) is 0 Å². The molecule has 0 bridgehead atoms. The van der Waals surface area contributed by atoms with Crippen LogP contribution in [-0.2, 0) is 0 Å². The number of hydrogen-bond acceptors (Lipinski definition) is 4. The van der Waals surface area contributed by atoms with Gasteiger partial charge in [0.05, 0.1) is 15.1 Å². The van der Waals surface area contributed by atoms with Crippen molar-refractivity contribution in [2.24, 2.45) is 0 Å². The number of benzene rings is 1. The number of non-ortho nitro benzene ring substituents is 1. The van der Waals surface area contributed by atoms with E-state index in [1.165, 1.54) is 18.2 Å². The highest BCUT2D eigenvalue weighted by Gasteiger charge is 2.14. The molecule has 6 nitrogen and oxygen atoms in total. The van der Waals surface area contributed by atoms with Crippen molar-refractivity contribution < 1.29 is 9.72 Å². The lowest BCUT2D eigenvalue weighted by Gasteiger charge is -2.08. The van der Waals surface area contributed by atoms with E-state index in [0.29, 0.717) is 21.3 Å². The summed E-state index contributed by atoms with van der Waals surface area (Å²) in [5, 5.41) is 13.4. The van der Waals surface area contributed by atoms with Crippen LogP contribution >= 0.6 is 15.9 Å². The molecule has 7 heteroatoms. The lowest BCUT2D eigenvalue weighted by atomic mass is 10.1. The summed E-state index contributed by atoms with van der Waals surface area (Å²) >= 11 is 3.28. The minimum Gasteiger partial charge on any atom is -0.321 e. The molecule has 0 aliphatic carbocycles. The van der Waals surface area contributed by atoms with Crippen LogP contribution in [0.3, 0.4) is 0 Å². The van der Waals surface area contributed by atoms with Gasteiger partial charge < -0.3 is 5.32 Å². The topological polar surface area (TPSA) is 85.1 Å². The molecule has 0 spiro atoms. The van der Waals surface area contributed by atoms with E-state index in [2.05, 4.69) is 26.2 Å². The maximum absolute atomic E-state index is 12.1. The average molecular weight is 336 g/mol. The molecule has 1 amide bonds. The number of nitro groups is 1. The number of anilines is 1. The third kappa shape index (κ3) is 3.00. The molecule has 20 heavy (non-hydrogen) atoms. The molecule has 2 rings (SSSR count). The standard InChI is InChI=1S/C13H10BrN3O3/c1-8-6-9(17(19)20)2-3-10(8)13(18)16-12-4-5-15-7-11(12)14/h2-7H,1H3,(H,15,16,18). The molecule has 1 aromatic heterocycles. The first-order valence-electron chi connectivity index (χ1n) is 5.65. The van der Waals surface area contributed by atoms with E-state index in [1.807, 2.05) is 0 Å². The van der Waals surface area contributed by atoms with E-state index in [4.69, 9.17) is 0 Å². The molecule has 0 unspecified atom stereocenters. The SMILES string of the molecule is Cc1cc([N+](=O)[O-])ccc1C(=O)Nc1ccncc1Br. The summed E-state index contributed by atoms with van der Waals surface area (Å²) in [6, 6.07) is 5.78. The van der Waals surface area contributed by atoms with E-state index in [0.717, 1.165) is 0 Å². The lowest BCUT2D eigenvalue weighted by molar-refractivity contribution is -0.384. The fourth-order valence-electron chi connectivity index (χ4n) is 1.68. The first-order valence-corrected chi connectivity index (χ1v) is 6.44. The van der Waals surface area contributed by atoms with Gasteiger partial charge in [0.15, 0.2) is 0 Å². The second-order valence-electron chi connectivity index (χ2n) is 4.07. The van der Waals surface area contributed by atoms with Crippen LogP contribution in [0.5, 0.6) is 0 Å². The minimum atomic E-state index is -0.492. The molecule has 0 radical (unpaired) electrons. The Balaban J connectivity index is 2.26. The number of amides is 1. The number of nitro benzene ring substituents is 1. The van der Waals surface area contributed by atoms with Gasteiger partial charge in [0.25, 0.3) is 11.6 Å². The Labute approximate surface area is 123 Å². The Morgan fingerprint density at radius 2 is 2.15 bits per heavy atom. The van der Waals surface area contributed by atoms with Crippen LogP contribution in [0.15, 0.2) is 41.1 Å². The third-order valence-electron chi connectivity index (χ3n) is 2.69. The van der Waals surface area contributed by atoms with E-state index >= 15 is 0 Å². The summed E-state index contributed by atoms with van der Waals surface area (Å²) in [5.41, 5.74) is 1.48. The molecule has 102 valence electrons. The Morgan fingerprint density at radius 3 is 2.75 bits per heavy atom. The number of nitrogens with one attached hydrogen (secondary N) is 1. The average Bonchev–Trinajstić information content (AvgIpc) is 2.41. The van der Waals surface area contributed by atoms with Crippen LogP contribution in [0, 0.1) is 17.0 Å². The van der Waals surface area contributed by atoms with Gasteiger partial charge in [0.2, 0.25) is 0 Å². The number of carbonyl (C=O) groups is 1. The number of pyridine rings is 1. The normalized spacial score (nSPS) is 10.1. The Bertz CT molecular complexity index is 688. The van der Waals surface area contributed by atoms with E-state index in [9.17, 15) is 14.9 Å². The maximum atomic E-state index is 12.1. The fourth-order valence-corrected chi connectivity index (χ4v) is 2.03. The van der Waals surface area contributed by atoms with E-state index in [1.54, 1.807) is 25.4 Å². The molecule has 2 aromatic rings. The zero-order valence-electron chi connectivity index (χ0n) is 10.5. The van der Waals surface area contributed by atoms with Crippen LogP contribution in [-0.4, -0.2) is 15.8 Å². The lowest BCUT2D eigenvalue weighted by Crippen LogP contribution is -2.14. The van der Waals surface area contributed by atoms with Gasteiger partial charge in [0, 0.05) is 30.1 Å². The Kier molecular flexibility index (Phi) is 4.09. The predicted octanol–water partition coefficient (Wildman–Crippen LogP) is 3.31. The number of carbonyl (C=O) groups excluding carboxylic acids is 1. The van der Waals surface area contributed by atoms with Crippen molar-refractivity contribution in [1.82, 2.24) is 4.98 Å². The predicted molar refractivity (Wildman–Crippen MR) is 77.7 cm³/mol. The van der Waals surface area contributed by atoms with Gasteiger partial charge in [0.1, 0.15) is 0 Å². The van der Waals surface area contributed by atoms with Gasteiger partial charge in [-0.05, 0) is 40.5 Å². The van der Waals surface area contributed by atoms with Crippen molar-refractivity contribution in [3.8, 4) is 0 Å². The van der Waals surface area contributed by atoms with Gasteiger partial charge in [-0.1, -0.05) is 0 Å². The van der Waals surface area contributed by atoms with Crippen molar-refractivity contribution in [1.29, 1.82) is 0 Å². The summed E-state index contributed by atoms with van der Waals surface area (Å²) in [6.07, 6.45) is 3.13. The minimum absolute atomic E-state index is 0.0378. The second-order valence-corrected chi connectivity index (χ2v) is 4.92. The molecule has 0 aliphatic rings. The molecule has 0 saturated heterocycles. The largest absolute Gasteiger partial charge is 0.321 e. The zero-order valence-corrected chi connectivity index (χ0v) is 12.0. The highest BCUT2D eigenvalue weighted by atomic mass is 79.9. The number of nitrogens with zero attached hydrogens (tertiary/aromatic N) is 2. The van der Waals surface area contributed by atoms with Crippen molar-refractivity contribution >= 4 is 33.2 Å². The van der Waals surface area contributed by atoms with Crippen molar-refractivity contribution in [3.05, 3.63) is 62.4 Å². The highest BCUT2D eigenvalue weighted by Crippen LogP contribution is 2.22. The molecule has 0 fully saturated rings. The Hall–Kier alpha value is -2.28. The first-order chi connectivity index (χ1) is 9.49. The number of aromatic nitrogens is 1. The molecular weight excluding hydrogens is 326 g/mol. The quantitative estimate of drug-likeness (QED) is 0.688. The summed E-state index contributed by atoms with van der Waals surface area (Å²) in [5.74, 6) is -0.329. The molecule has 1 heterocycles. The van der Waals surface area contributed by atoms with E-state index < -0.39 is 4.92 Å². The van der Waals surface area contributed by atoms with Gasteiger partial charge in [-0.15, -0.1) is 0 Å².